The fourth-order valence-electron chi connectivity index (χ4n) is 5.33. The minimum absolute atomic E-state index is 0.00108. The molecule has 45 heavy (non-hydrogen) atoms. The van der Waals surface area contributed by atoms with E-state index in [1.807, 2.05) is 0 Å². The average Bonchev–Trinajstić information content (AvgIpc) is 3.75. The van der Waals surface area contributed by atoms with Gasteiger partial charge in [-0.1, -0.05) is 103 Å². The first-order valence-corrected chi connectivity index (χ1v) is 19.2. The number of unbranched alkanes of at least 4 members (excludes halogenated alkanes) is 15. The number of fused-ring (bicyclic) bond motifs is 1. The third-order valence-corrected chi connectivity index (χ3v) is 9.20. The van der Waals surface area contributed by atoms with Crippen LogP contribution in [-0.4, -0.2) is 74.4 Å². The van der Waals surface area contributed by atoms with Gasteiger partial charge in [-0.25, -0.2) is 4.98 Å². The lowest BCUT2D eigenvalue weighted by Crippen LogP contribution is -2.25. The van der Waals surface area contributed by atoms with Crippen molar-refractivity contribution in [3.63, 3.8) is 0 Å². The highest BCUT2D eigenvalue weighted by atomic mass is 31.2. The second kappa shape index (κ2) is 21.9. The van der Waals surface area contributed by atoms with E-state index in [9.17, 15) is 14.6 Å². The maximum atomic E-state index is 12.4. The quantitative estimate of drug-likeness (QED) is 0.0538. The molecule has 2 heterocycles. The van der Waals surface area contributed by atoms with Crippen LogP contribution in [0.2, 0.25) is 0 Å². The number of aliphatic hydroxyl groups is 1. The number of aromatic nitrogens is 4. The Bertz CT molecular complexity index is 1120. The molecule has 2 aromatic rings. The van der Waals surface area contributed by atoms with Crippen molar-refractivity contribution in [3.8, 4) is 0 Å². The van der Waals surface area contributed by atoms with Gasteiger partial charge in [0.25, 0.3) is 0 Å². The zero-order chi connectivity index (χ0) is 32.2. The molecule has 0 saturated heterocycles. The molecule has 0 radical (unpaired) electrons. The molecule has 0 aromatic carbocycles. The Morgan fingerprint density at radius 3 is 2.11 bits per heavy atom. The van der Waals surface area contributed by atoms with Gasteiger partial charge in [0.1, 0.15) is 6.35 Å². The average molecular weight is 655 g/mol. The highest BCUT2D eigenvalue weighted by Crippen LogP contribution is 2.42. The molecule has 1 aliphatic rings. The van der Waals surface area contributed by atoms with Crippen LogP contribution in [0, 0.1) is 0 Å². The zero-order valence-corrected chi connectivity index (χ0v) is 28.4. The molecule has 0 spiro atoms. The Kier molecular flexibility index (Phi) is 18.3. The summed E-state index contributed by atoms with van der Waals surface area (Å²) in [5.74, 6) is 0.685. The van der Waals surface area contributed by atoms with E-state index in [0.29, 0.717) is 29.6 Å². The lowest BCUT2D eigenvalue weighted by molar-refractivity contribution is 0.0160. The van der Waals surface area contributed by atoms with Crippen LogP contribution in [0.25, 0.3) is 11.2 Å². The van der Waals surface area contributed by atoms with Crippen molar-refractivity contribution in [1.82, 2.24) is 19.5 Å². The van der Waals surface area contributed by atoms with Crippen molar-refractivity contribution in [1.29, 1.82) is 0 Å². The highest BCUT2D eigenvalue weighted by Gasteiger charge is 2.25. The summed E-state index contributed by atoms with van der Waals surface area (Å²) < 4.78 is 30.4. The van der Waals surface area contributed by atoms with Crippen LogP contribution in [0.4, 0.5) is 11.8 Å². The van der Waals surface area contributed by atoms with Gasteiger partial charge in [-0.15, -0.1) is 0 Å². The van der Waals surface area contributed by atoms with E-state index in [0.717, 1.165) is 25.7 Å². The lowest BCUT2D eigenvalue weighted by atomic mass is 10.0. The van der Waals surface area contributed by atoms with Crippen molar-refractivity contribution < 1.29 is 28.6 Å². The van der Waals surface area contributed by atoms with E-state index in [2.05, 4.69) is 27.2 Å². The minimum atomic E-state index is -4.01. The monoisotopic (exact) mass is 654 g/mol. The zero-order valence-electron chi connectivity index (χ0n) is 27.5. The first-order valence-electron chi connectivity index (χ1n) is 17.4. The van der Waals surface area contributed by atoms with E-state index < -0.39 is 20.0 Å². The number of nitrogens with one attached hydrogen (secondary N) is 1. The van der Waals surface area contributed by atoms with Gasteiger partial charge >= 0.3 is 7.60 Å². The molecule has 3 rings (SSSR count). The van der Waals surface area contributed by atoms with Crippen LogP contribution in [0.3, 0.4) is 0 Å². The predicted molar refractivity (Wildman–Crippen MR) is 179 cm³/mol. The molecular formula is C32H59N6O6P. The summed E-state index contributed by atoms with van der Waals surface area (Å²) in [7, 11) is -4.01. The van der Waals surface area contributed by atoms with E-state index in [1.54, 1.807) is 10.9 Å². The summed E-state index contributed by atoms with van der Waals surface area (Å²) in [4.78, 5) is 23.1. The topological polar surface area (TPSA) is 167 Å². The predicted octanol–water partition coefficient (Wildman–Crippen LogP) is 6.80. The van der Waals surface area contributed by atoms with Gasteiger partial charge in [-0.3, -0.25) is 4.57 Å². The number of nitrogens with zero attached hydrogens (tertiary/aromatic N) is 4. The molecule has 2 aromatic heterocycles. The number of rotatable bonds is 29. The van der Waals surface area contributed by atoms with Crippen LogP contribution in [-0.2, 0) is 25.1 Å². The van der Waals surface area contributed by atoms with Gasteiger partial charge in [0.15, 0.2) is 17.0 Å². The maximum absolute atomic E-state index is 12.4. The van der Waals surface area contributed by atoms with Crippen LogP contribution in [0.1, 0.15) is 122 Å². The molecule has 0 amide bonds. The van der Waals surface area contributed by atoms with Gasteiger partial charge < -0.3 is 39.6 Å². The van der Waals surface area contributed by atoms with Crippen LogP contribution in [0.5, 0.6) is 0 Å². The first kappa shape index (κ1) is 37.6. The van der Waals surface area contributed by atoms with Crippen LogP contribution < -0.4 is 11.1 Å². The molecule has 1 unspecified atom stereocenters. The van der Waals surface area contributed by atoms with E-state index >= 15 is 0 Å². The van der Waals surface area contributed by atoms with Gasteiger partial charge in [0, 0.05) is 12.6 Å². The standard InChI is InChI=1S/C32H59N6O6P/c1-2-3-4-5-6-7-8-9-10-11-12-13-14-15-16-17-20-42-21-22-44-45(40,41)26-43-28(24-39)23-38-25-34-29-30(35-27-18-19-27)36-32(33)37-31(29)38/h25,27-28,39H,2-24,26H2,1H3,(H,40,41)(H3,33,35,36,37)/t28-/m0/s1. The Balaban J connectivity index is 1.16. The normalized spacial score (nSPS) is 15.4. The molecule has 1 fully saturated rings. The van der Waals surface area contributed by atoms with E-state index in [1.165, 1.54) is 89.9 Å². The van der Waals surface area contributed by atoms with Gasteiger partial charge in [-0.05, 0) is 19.3 Å². The molecule has 13 heteroatoms. The number of ether oxygens (including phenoxy) is 2. The minimum Gasteiger partial charge on any atom is -0.394 e. The van der Waals surface area contributed by atoms with Crippen molar-refractivity contribution in [2.75, 3.05) is 43.8 Å². The lowest BCUT2D eigenvalue weighted by Gasteiger charge is -2.19. The Labute approximate surface area is 269 Å². The summed E-state index contributed by atoms with van der Waals surface area (Å²) in [6.07, 6.45) is 23.6. The van der Waals surface area contributed by atoms with Crippen molar-refractivity contribution in [3.05, 3.63) is 6.33 Å². The molecule has 2 atom stereocenters. The molecule has 5 N–H and O–H groups in total. The van der Waals surface area contributed by atoms with Crippen molar-refractivity contribution >= 4 is 30.5 Å². The molecule has 12 nitrogen and oxygen atoms in total. The van der Waals surface area contributed by atoms with Crippen molar-refractivity contribution in [2.45, 2.75) is 141 Å². The van der Waals surface area contributed by atoms with Crippen LogP contribution in [0.15, 0.2) is 6.33 Å². The number of nitrogen functional groups attached to an aromatic ring is 1. The van der Waals surface area contributed by atoms with Gasteiger partial charge in [0.2, 0.25) is 5.95 Å². The Hall–Kier alpha value is -1.82. The highest BCUT2D eigenvalue weighted by molar-refractivity contribution is 7.52. The summed E-state index contributed by atoms with van der Waals surface area (Å²) in [5.41, 5.74) is 6.96. The fourth-order valence-corrected chi connectivity index (χ4v) is 6.16. The molecule has 0 bridgehead atoms. The summed E-state index contributed by atoms with van der Waals surface area (Å²) in [6.45, 7) is 2.92. The smallest absolute Gasteiger partial charge is 0.353 e. The summed E-state index contributed by atoms with van der Waals surface area (Å²) >= 11 is 0. The maximum Gasteiger partial charge on any atom is 0.353 e. The number of hydrogen-bond acceptors (Lipinski definition) is 10. The first-order chi connectivity index (χ1) is 21.9. The number of aliphatic hydroxyl groups excluding tert-OH is 1. The second-order valence-corrected chi connectivity index (χ2v) is 14.2. The Morgan fingerprint density at radius 1 is 0.933 bits per heavy atom. The molecule has 258 valence electrons. The third-order valence-electron chi connectivity index (χ3n) is 8.14. The van der Waals surface area contributed by atoms with E-state index in [-0.39, 0.29) is 32.3 Å². The third kappa shape index (κ3) is 16.0. The molecule has 0 aliphatic heterocycles. The second-order valence-electron chi connectivity index (χ2n) is 12.4. The van der Waals surface area contributed by atoms with Crippen LogP contribution >= 0.6 is 7.60 Å². The van der Waals surface area contributed by atoms with Gasteiger partial charge in [-0.2, -0.15) is 9.97 Å². The van der Waals surface area contributed by atoms with Gasteiger partial charge in [0.05, 0.1) is 38.8 Å². The number of nitrogens with two attached hydrogens (primary N) is 1. The van der Waals surface area contributed by atoms with E-state index in [4.69, 9.17) is 19.7 Å². The Morgan fingerprint density at radius 2 is 1.53 bits per heavy atom. The number of hydrogen-bond donors (Lipinski definition) is 4. The fraction of sp³-hybridized carbons (Fsp3) is 0.844. The molecule has 1 saturated carbocycles. The SMILES string of the molecule is CCCCCCCCCCCCCCCCCCOCCOP(=O)(O)CO[C@H](CO)Cn1cnc2c(NC3CC3)nc(N)nc21. The molecular weight excluding hydrogens is 595 g/mol. The number of imidazole rings is 1. The molecule has 1 aliphatic carbocycles. The summed E-state index contributed by atoms with van der Waals surface area (Å²) in [6, 6.07) is 0.365. The number of anilines is 2. The van der Waals surface area contributed by atoms with Crippen molar-refractivity contribution in [2.24, 2.45) is 0 Å². The largest absolute Gasteiger partial charge is 0.394 e. The summed E-state index contributed by atoms with van der Waals surface area (Å²) in [5, 5.41) is 13.1.